The van der Waals surface area contributed by atoms with Gasteiger partial charge in [-0.25, -0.2) is 23.2 Å². The lowest BCUT2D eigenvalue weighted by atomic mass is 10.0. The number of alkyl halides is 2. The summed E-state index contributed by atoms with van der Waals surface area (Å²) in [6, 6.07) is 4.26. The van der Waals surface area contributed by atoms with Crippen molar-refractivity contribution in [1.29, 1.82) is 0 Å². The molecule has 0 amide bonds. The second kappa shape index (κ2) is 13.9. The molecule has 1 aromatic carbocycles. The van der Waals surface area contributed by atoms with Gasteiger partial charge in [-0.1, -0.05) is 29.3 Å². The van der Waals surface area contributed by atoms with Crippen molar-refractivity contribution in [1.82, 2.24) is 13.9 Å². The highest BCUT2D eigenvalue weighted by atomic mass is 35.5. The average Bonchev–Trinajstić information content (AvgIpc) is 3.42. The lowest BCUT2D eigenvalue weighted by molar-refractivity contribution is -0.377. The molecule has 1 aliphatic heterocycles. The Morgan fingerprint density at radius 1 is 1.21 bits per heavy atom. The van der Waals surface area contributed by atoms with Crippen LogP contribution in [-0.2, 0) is 33.0 Å². The van der Waals surface area contributed by atoms with E-state index < -0.39 is 34.1 Å². The summed E-state index contributed by atoms with van der Waals surface area (Å²) < 4.78 is 71.8. The number of nitrogens with one attached hydrogen (secondary N) is 1. The molecule has 2 N–H and O–H groups in total. The lowest BCUT2D eigenvalue weighted by Crippen LogP contribution is -2.40. The van der Waals surface area contributed by atoms with Gasteiger partial charge in [-0.3, -0.25) is 0 Å². The average molecular weight is 682 g/mol. The van der Waals surface area contributed by atoms with Crippen LogP contribution in [0, 0.1) is 5.92 Å². The Bertz CT molecular complexity index is 1540. The number of thioether (sulfide) groups is 1. The smallest absolute Gasteiger partial charge is 0.387 e. The summed E-state index contributed by atoms with van der Waals surface area (Å²) in [7, 11) is -2.45. The predicted octanol–water partition coefficient (Wildman–Crippen LogP) is 4.35. The fourth-order valence-corrected chi connectivity index (χ4v) is 7.88. The molecule has 43 heavy (non-hydrogen) atoms. The minimum absolute atomic E-state index is 0. The van der Waals surface area contributed by atoms with E-state index in [1.54, 1.807) is 7.05 Å². The summed E-state index contributed by atoms with van der Waals surface area (Å²) in [5.74, 6) is -0.226. The number of aryl methyl sites for hydroxylation is 1. The van der Waals surface area contributed by atoms with E-state index in [0.717, 1.165) is 28.9 Å². The number of nitrogens with zero attached hydrogens (tertiary/aromatic N) is 3. The minimum atomic E-state index is -4.09. The predicted molar refractivity (Wildman–Crippen MR) is 152 cm³/mol. The van der Waals surface area contributed by atoms with Gasteiger partial charge in [0.15, 0.2) is 34.3 Å². The summed E-state index contributed by atoms with van der Waals surface area (Å²) in [5, 5.41) is -0.809. The second-order valence-electron chi connectivity index (χ2n) is 9.81. The van der Waals surface area contributed by atoms with Gasteiger partial charge in [0.25, 0.3) is 10.0 Å². The van der Waals surface area contributed by atoms with Gasteiger partial charge in [0, 0.05) is 37.5 Å². The first kappa shape index (κ1) is 33.2. The van der Waals surface area contributed by atoms with E-state index in [-0.39, 0.29) is 45.0 Å². The maximum absolute atomic E-state index is 13.6. The molecule has 3 heterocycles. The Morgan fingerprint density at radius 3 is 2.56 bits per heavy atom. The zero-order valence-corrected chi connectivity index (χ0v) is 25.8. The third-order valence-corrected chi connectivity index (χ3v) is 10.4. The number of esters is 1. The number of carbonyl (C=O) groups excluding carboxylic acids is 1. The molecule has 2 aliphatic rings. The third kappa shape index (κ3) is 7.88. The minimum Gasteiger partial charge on any atom is -0.870 e. The number of pyridine rings is 1. The summed E-state index contributed by atoms with van der Waals surface area (Å²) in [4.78, 5) is 20.4. The van der Waals surface area contributed by atoms with Crippen LogP contribution in [-0.4, -0.2) is 64.6 Å². The number of imidazole rings is 1. The molecule has 234 valence electrons. The first-order valence-corrected chi connectivity index (χ1v) is 16.1. The van der Waals surface area contributed by atoms with Crippen molar-refractivity contribution < 1.29 is 46.7 Å². The molecule has 1 aliphatic carbocycles. The van der Waals surface area contributed by atoms with E-state index in [0.29, 0.717) is 29.4 Å². The molecule has 0 bridgehead atoms. The molecule has 11 nitrogen and oxygen atoms in total. The number of carbonyl (C=O) groups is 1. The molecule has 17 heteroatoms. The van der Waals surface area contributed by atoms with Crippen LogP contribution < -0.4 is 14.5 Å². The van der Waals surface area contributed by atoms with Crippen LogP contribution in [0.15, 0.2) is 48.1 Å². The summed E-state index contributed by atoms with van der Waals surface area (Å²) in [6.45, 7) is -2.67. The lowest BCUT2D eigenvalue weighted by Gasteiger charge is -2.25. The standard InChI is InChI=1S/C26H26Cl2F2N4O6S2.H2O/c1-33-12-23(32-14-33)42(36,37)34-6-7-41-24(34)25(35)39-21(9-17-18(27)10-31-11-19(17)28)16-4-5-20(40-26(29)30)22(8-16)38-13-15-2-3-15;/h4-5,8,10-12,14-15,21,24,26H,2-3,6-7,9,13H2,1H3;1H2/t21-,24-;/m0./s1. The van der Waals surface area contributed by atoms with Crippen LogP contribution in [0.5, 0.6) is 11.5 Å². The van der Waals surface area contributed by atoms with Crippen LogP contribution in [0.4, 0.5) is 8.78 Å². The van der Waals surface area contributed by atoms with Gasteiger partial charge in [-0.05, 0) is 36.5 Å². The van der Waals surface area contributed by atoms with Gasteiger partial charge in [0.1, 0.15) is 16.1 Å². The van der Waals surface area contributed by atoms with Gasteiger partial charge < -0.3 is 24.3 Å². The Balaban J connectivity index is 0.00000423. The van der Waals surface area contributed by atoms with Crippen molar-refractivity contribution in [2.24, 2.45) is 13.0 Å². The van der Waals surface area contributed by atoms with Crippen LogP contribution in [0.2, 0.25) is 10.0 Å². The maximum Gasteiger partial charge on any atom is 0.387 e. The van der Waals surface area contributed by atoms with E-state index in [9.17, 15) is 22.0 Å². The van der Waals surface area contributed by atoms with Gasteiger partial charge in [0.2, 0.25) is 0 Å². The normalized spacial score (nSPS) is 17.9. The fourth-order valence-electron chi connectivity index (χ4n) is 4.33. The number of benzene rings is 1. The quantitative estimate of drug-likeness (QED) is 0.255. The fraction of sp³-hybridized carbons (Fsp3) is 0.423. The Morgan fingerprint density at radius 2 is 1.93 bits per heavy atom. The monoisotopic (exact) mass is 680 g/mol. The van der Waals surface area contributed by atoms with Crippen LogP contribution in [0.3, 0.4) is 0 Å². The topological polar surface area (TPSA) is 144 Å². The number of aromatic nitrogens is 3. The van der Waals surface area contributed by atoms with E-state index in [1.807, 2.05) is 0 Å². The Hall–Kier alpha value is -2.69. The molecule has 5 rings (SSSR count). The van der Waals surface area contributed by atoms with E-state index in [2.05, 4.69) is 14.7 Å². The number of halogens is 4. The van der Waals surface area contributed by atoms with Crippen LogP contribution in [0.1, 0.15) is 30.1 Å². The van der Waals surface area contributed by atoms with E-state index >= 15 is 0 Å². The number of sulfonamides is 1. The zero-order valence-electron chi connectivity index (χ0n) is 22.7. The van der Waals surface area contributed by atoms with Gasteiger partial charge in [-0.2, -0.15) is 13.1 Å². The van der Waals surface area contributed by atoms with E-state index in [4.69, 9.17) is 32.7 Å². The number of rotatable bonds is 12. The summed E-state index contributed by atoms with van der Waals surface area (Å²) >= 11 is 13.9. The molecule has 1 saturated heterocycles. The van der Waals surface area contributed by atoms with Gasteiger partial charge in [0.05, 0.1) is 12.9 Å². The number of H-pyrrole nitrogens is 1. The molecule has 2 atom stereocenters. The SMILES string of the molecule is Cn1cnc(S(=O)(=O)N2CCS[C@H]2C(=O)O[C@@H](Cc2c(Cl)c[nH+]cc2Cl)c2ccc(OC(F)F)c(OCC3CC3)c2)c1.[OH-]. The first-order chi connectivity index (χ1) is 20.0. The number of ether oxygens (including phenoxy) is 3. The van der Waals surface area contributed by atoms with Crippen molar-refractivity contribution in [2.75, 3.05) is 18.9 Å². The highest BCUT2D eigenvalue weighted by Crippen LogP contribution is 2.39. The number of aromatic amines is 1. The number of hydrogen-bond donors (Lipinski definition) is 0. The Kier molecular flexibility index (Phi) is 10.8. The van der Waals surface area contributed by atoms with Crippen LogP contribution in [0.25, 0.3) is 0 Å². The highest BCUT2D eigenvalue weighted by molar-refractivity contribution is 8.02. The largest absolute Gasteiger partial charge is 0.870 e. The molecular formula is C26H28Cl2F2N4O7S2. The third-order valence-electron chi connectivity index (χ3n) is 6.68. The van der Waals surface area contributed by atoms with Crippen molar-refractivity contribution in [3.8, 4) is 11.5 Å². The summed E-state index contributed by atoms with van der Waals surface area (Å²) in [5.41, 5.74) is 0.845. The van der Waals surface area contributed by atoms with Crippen molar-refractivity contribution >= 4 is 51.0 Å². The van der Waals surface area contributed by atoms with Crippen molar-refractivity contribution in [3.63, 3.8) is 0 Å². The van der Waals surface area contributed by atoms with Gasteiger partial charge in [-0.15, -0.1) is 11.8 Å². The molecule has 1 saturated carbocycles. The summed E-state index contributed by atoms with van der Waals surface area (Å²) in [6.07, 6.45) is 6.65. The van der Waals surface area contributed by atoms with Crippen molar-refractivity contribution in [2.45, 2.75) is 42.4 Å². The molecule has 0 unspecified atom stereocenters. The van der Waals surface area contributed by atoms with Crippen molar-refractivity contribution in [3.05, 3.63) is 64.3 Å². The first-order valence-electron chi connectivity index (χ1n) is 12.9. The molecule has 3 aromatic rings. The molecule has 2 aromatic heterocycles. The van der Waals surface area contributed by atoms with Gasteiger partial charge >= 0.3 is 12.6 Å². The second-order valence-corrected chi connectivity index (χ2v) is 13.7. The van der Waals surface area contributed by atoms with E-state index in [1.165, 1.54) is 47.7 Å². The molecule has 0 spiro atoms. The molecule has 2 fully saturated rings. The highest BCUT2D eigenvalue weighted by Gasteiger charge is 2.43. The Labute approximate surface area is 260 Å². The van der Waals surface area contributed by atoms with Crippen LogP contribution >= 0.6 is 35.0 Å². The molecule has 0 radical (unpaired) electrons. The maximum atomic E-state index is 13.6. The molecular weight excluding hydrogens is 653 g/mol. The number of hydrogen-bond acceptors (Lipinski definition) is 9. The zero-order chi connectivity index (χ0) is 30.0.